The van der Waals surface area contributed by atoms with Crippen molar-refractivity contribution in [1.82, 2.24) is 0 Å². The summed E-state index contributed by atoms with van der Waals surface area (Å²) in [6, 6.07) is 0. The maximum atomic E-state index is 10.8. The molecule has 28 heavy (non-hydrogen) atoms. The minimum Gasteiger partial charge on any atom is -0.550 e. The molecule has 6 heteroatoms. The van der Waals surface area contributed by atoms with Gasteiger partial charge in [0.05, 0.1) is 0 Å². The molecule has 0 aromatic heterocycles. The Balaban J connectivity index is -0.00000312. The van der Waals surface area contributed by atoms with Gasteiger partial charge < -0.3 is 19.8 Å². The zero-order chi connectivity index (χ0) is 19.5. The zero-order valence-corrected chi connectivity index (χ0v) is 18.9. The van der Waals surface area contributed by atoms with Crippen molar-refractivity contribution in [3.8, 4) is 0 Å². The molecule has 154 valence electrons. The average Bonchev–Trinajstić information content (AvgIpc) is 2.59. The largest absolute Gasteiger partial charge is 1.00 e. The van der Waals surface area contributed by atoms with Gasteiger partial charge in [0.25, 0.3) is 0 Å². The van der Waals surface area contributed by atoms with Crippen LogP contribution in [0.3, 0.4) is 0 Å². The molecule has 0 saturated heterocycles. The van der Waals surface area contributed by atoms with Gasteiger partial charge in [-0.15, -0.1) is 0 Å². The topological polar surface area (TPSA) is 80.3 Å². The Morgan fingerprint density at radius 1 is 0.607 bits per heavy atom. The molecule has 0 saturated carbocycles. The molecule has 0 bridgehead atoms. The first-order valence-corrected chi connectivity index (χ1v) is 11.0. The van der Waals surface area contributed by atoms with E-state index in [0.717, 1.165) is 19.3 Å². The summed E-state index contributed by atoms with van der Waals surface area (Å²) in [5.74, 6) is -3.47. The second-order valence-electron chi connectivity index (χ2n) is 7.68. The Hall–Kier alpha value is 0.135. The number of rotatable bonds is 20. The van der Waals surface area contributed by atoms with Crippen LogP contribution < -0.4 is 47.9 Å². The molecule has 0 aliphatic rings. The van der Waals surface area contributed by atoms with Crippen molar-refractivity contribution in [2.45, 2.75) is 122 Å². The Kier molecular flexibility index (Phi) is 29.5. The van der Waals surface area contributed by atoms with Crippen LogP contribution in [0.25, 0.3) is 0 Å². The van der Waals surface area contributed by atoms with Crippen LogP contribution in [0.2, 0.25) is 0 Å². The van der Waals surface area contributed by atoms with Crippen molar-refractivity contribution in [3.05, 3.63) is 0 Å². The first-order valence-electron chi connectivity index (χ1n) is 11.0. The van der Waals surface area contributed by atoms with Crippen LogP contribution in [-0.2, 0) is 9.59 Å². The fourth-order valence-corrected chi connectivity index (χ4v) is 3.44. The minimum atomic E-state index is -1.31. The summed E-state index contributed by atoms with van der Waals surface area (Å²) in [5, 5.41) is 21.3. The van der Waals surface area contributed by atoms with Crippen LogP contribution in [0.5, 0.6) is 0 Å². The number of hydrogen-bond acceptors (Lipinski definition) is 4. The second kappa shape index (κ2) is 25.2. The van der Waals surface area contributed by atoms with E-state index in [1.165, 1.54) is 83.5 Å². The van der Waals surface area contributed by atoms with Crippen molar-refractivity contribution in [1.29, 1.82) is 0 Å². The van der Waals surface area contributed by atoms with Gasteiger partial charge >= 0.3 is 37.7 Å². The predicted molar refractivity (Wildman–Crippen MR) is 102 cm³/mol. The smallest absolute Gasteiger partial charge is 0.550 e. The van der Waals surface area contributed by atoms with E-state index in [4.69, 9.17) is 0 Å². The van der Waals surface area contributed by atoms with Crippen molar-refractivity contribution in [2.24, 2.45) is 5.92 Å². The number of aliphatic carboxylic acids is 2. The fraction of sp³-hybridized carbons (Fsp3) is 0.909. The van der Waals surface area contributed by atoms with E-state index in [1.807, 2.05) is 0 Å². The molecule has 1 atom stereocenters. The first-order chi connectivity index (χ1) is 12.6. The first kappa shape index (κ1) is 32.8. The SMILES string of the molecule is CCCCCCCCCCCCCCCCCCC(CC(=O)[O-])C(=O)[O-].[Li+].[Li+]. The monoisotopic (exact) mass is 382 g/mol. The van der Waals surface area contributed by atoms with Gasteiger partial charge in [0, 0.05) is 17.9 Å². The summed E-state index contributed by atoms with van der Waals surface area (Å²) in [5.41, 5.74) is 0. The van der Waals surface area contributed by atoms with Crippen LogP contribution in [-0.4, -0.2) is 11.9 Å². The summed E-state index contributed by atoms with van der Waals surface area (Å²) in [4.78, 5) is 21.3. The third-order valence-electron chi connectivity index (χ3n) is 5.15. The fourth-order valence-electron chi connectivity index (χ4n) is 3.44. The van der Waals surface area contributed by atoms with Crippen molar-refractivity contribution in [3.63, 3.8) is 0 Å². The van der Waals surface area contributed by atoms with E-state index < -0.39 is 24.3 Å². The van der Waals surface area contributed by atoms with Crippen molar-refractivity contribution < 1.29 is 57.5 Å². The number of unbranched alkanes of at least 4 members (excludes halogenated alkanes) is 15. The molecule has 0 radical (unpaired) electrons. The summed E-state index contributed by atoms with van der Waals surface area (Å²) < 4.78 is 0. The van der Waals surface area contributed by atoms with E-state index >= 15 is 0 Å². The molecule has 0 aliphatic heterocycles. The molecule has 4 nitrogen and oxygen atoms in total. The quantitative estimate of drug-likeness (QED) is 0.183. The molecule has 0 aliphatic carbocycles. The number of carboxylic acid groups (broad SMARTS) is 2. The summed E-state index contributed by atoms with van der Waals surface area (Å²) in [6.07, 6.45) is 20.3. The van der Waals surface area contributed by atoms with E-state index in [-0.39, 0.29) is 37.7 Å². The molecule has 0 spiro atoms. The van der Waals surface area contributed by atoms with Gasteiger partial charge in [-0.2, -0.15) is 0 Å². The van der Waals surface area contributed by atoms with Gasteiger partial charge in [0.1, 0.15) is 0 Å². The maximum Gasteiger partial charge on any atom is 1.00 e. The van der Waals surface area contributed by atoms with Gasteiger partial charge in [0.2, 0.25) is 0 Å². The van der Waals surface area contributed by atoms with Crippen molar-refractivity contribution in [2.75, 3.05) is 0 Å². The Labute approximate surface area is 197 Å². The summed E-state index contributed by atoms with van der Waals surface area (Å²) in [6.45, 7) is 2.26. The summed E-state index contributed by atoms with van der Waals surface area (Å²) in [7, 11) is 0. The van der Waals surface area contributed by atoms with E-state index in [1.54, 1.807) is 0 Å². The molecule has 0 amide bonds. The molecule has 1 unspecified atom stereocenters. The standard InChI is InChI=1S/C22H42O4.2Li/c1-2-3-4-5-6-7-8-9-10-11-12-13-14-15-16-17-18-20(22(25)26)19-21(23)24;;/h20H,2-19H2,1H3,(H,23,24)(H,25,26);;/q;2*+1/p-2. The van der Waals surface area contributed by atoms with Crippen LogP contribution in [0.4, 0.5) is 0 Å². The Bertz CT molecular complexity index is 351. The molecule has 0 fully saturated rings. The van der Waals surface area contributed by atoms with Gasteiger partial charge in [-0.25, -0.2) is 0 Å². The number of carbonyl (C=O) groups excluding carboxylic acids is 2. The van der Waals surface area contributed by atoms with Crippen LogP contribution in [0.15, 0.2) is 0 Å². The number of hydrogen-bond donors (Lipinski definition) is 0. The maximum absolute atomic E-state index is 10.8. The zero-order valence-electron chi connectivity index (χ0n) is 18.9. The molecule has 0 N–H and O–H groups in total. The van der Waals surface area contributed by atoms with E-state index in [0.29, 0.717) is 6.42 Å². The van der Waals surface area contributed by atoms with E-state index in [9.17, 15) is 19.8 Å². The minimum absolute atomic E-state index is 0. The van der Waals surface area contributed by atoms with Gasteiger partial charge in [-0.05, 0) is 12.8 Å². The van der Waals surface area contributed by atoms with Gasteiger partial charge in [-0.1, -0.05) is 110 Å². The van der Waals surface area contributed by atoms with Crippen molar-refractivity contribution >= 4 is 11.9 Å². The van der Waals surface area contributed by atoms with Gasteiger partial charge in [0.15, 0.2) is 0 Å². The third kappa shape index (κ3) is 24.2. The van der Waals surface area contributed by atoms with Crippen LogP contribution in [0, 0.1) is 5.92 Å². The predicted octanol–water partition coefficient (Wildman–Crippen LogP) is -1.85. The number of carboxylic acids is 2. The van der Waals surface area contributed by atoms with Crippen LogP contribution >= 0.6 is 0 Å². The normalized spacial score (nSPS) is 11.3. The third-order valence-corrected chi connectivity index (χ3v) is 5.15. The number of carbonyl (C=O) groups is 2. The molecular formula is C22H40Li2O4. The average molecular weight is 382 g/mol. The molecule has 0 heterocycles. The molecule has 0 aromatic carbocycles. The van der Waals surface area contributed by atoms with Crippen LogP contribution in [0.1, 0.15) is 122 Å². The second-order valence-corrected chi connectivity index (χ2v) is 7.68. The Morgan fingerprint density at radius 2 is 0.929 bits per heavy atom. The molecular weight excluding hydrogens is 342 g/mol. The van der Waals surface area contributed by atoms with E-state index in [2.05, 4.69) is 6.92 Å². The Morgan fingerprint density at radius 3 is 1.21 bits per heavy atom. The molecule has 0 rings (SSSR count). The van der Waals surface area contributed by atoms with Gasteiger partial charge in [-0.3, -0.25) is 0 Å². The molecule has 0 aromatic rings. The summed E-state index contributed by atoms with van der Waals surface area (Å²) >= 11 is 0.